The molecular weight excluding hydrogens is 290 g/mol. The van der Waals surface area contributed by atoms with E-state index >= 15 is 0 Å². The Morgan fingerprint density at radius 1 is 0.957 bits per heavy atom. The highest BCUT2D eigenvalue weighted by Crippen LogP contribution is 2.20. The molecule has 1 unspecified atom stereocenters. The molecule has 3 N–H and O–H groups in total. The van der Waals surface area contributed by atoms with Crippen LogP contribution in [0.4, 0.5) is 0 Å². The number of aliphatic hydroxyl groups excluding tert-OH is 1. The Hall–Kier alpha value is -2.04. The molecule has 0 fully saturated rings. The Balaban J connectivity index is 1.84. The van der Waals surface area contributed by atoms with Gasteiger partial charge < -0.3 is 14.6 Å². The van der Waals surface area contributed by atoms with Crippen LogP contribution in [0.15, 0.2) is 54.6 Å². The molecule has 0 saturated heterocycles. The molecule has 0 amide bonds. The largest absolute Gasteiger partial charge is 0.489 e. The van der Waals surface area contributed by atoms with Crippen LogP contribution in [0.1, 0.15) is 25.8 Å². The molecule has 2 aromatic rings. The summed E-state index contributed by atoms with van der Waals surface area (Å²) in [5, 5.41) is 9.94. The van der Waals surface area contributed by atoms with Crippen molar-refractivity contribution in [1.82, 2.24) is 0 Å². The highest BCUT2D eigenvalue weighted by molar-refractivity contribution is 5.31. The Kier molecular flexibility index (Phi) is 6.44. The van der Waals surface area contributed by atoms with Gasteiger partial charge in [0.15, 0.2) is 6.23 Å². The van der Waals surface area contributed by atoms with Gasteiger partial charge in [0.25, 0.3) is 0 Å². The van der Waals surface area contributed by atoms with Gasteiger partial charge in [-0.3, -0.25) is 5.73 Å². The molecule has 0 aromatic heterocycles. The summed E-state index contributed by atoms with van der Waals surface area (Å²) in [5.41, 5.74) is 6.98. The molecule has 0 aliphatic carbocycles. The highest BCUT2D eigenvalue weighted by atomic mass is 16.5. The van der Waals surface area contributed by atoms with Crippen molar-refractivity contribution >= 4 is 0 Å². The quantitative estimate of drug-likeness (QED) is 0.733. The van der Waals surface area contributed by atoms with Crippen LogP contribution in [0.3, 0.4) is 0 Å². The van der Waals surface area contributed by atoms with E-state index in [0.29, 0.717) is 24.7 Å². The Morgan fingerprint density at radius 2 is 1.57 bits per heavy atom. The summed E-state index contributed by atoms with van der Waals surface area (Å²) in [5.74, 6) is 1.75. The van der Waals surface area contributed by atoms with E-state index in [-0.39, 0.29) is 0 Å². The summed E-state index contributed by atoms with van der Waals surface area (Å²) < 4.78 is 11.3. The van der Waals surface area contributed by atoms with Crippen molar-refractivity contribution < 1.29 is 14.6 Å². The molecule has 4 heteroatoms. The summed E-state index contributed by atoms with van der Waals surface area (Å²) in [6.07, 6.45) is -0.795. The van der Waals surface area contributed by atoms with Gasteiger partial charge in [-0.05, 0) is 42.2 Å². The molecule has 4 nitrogen and oxygen atoms in total. The van der Waals surface area contributed by atoms with Gasteiger partial charge in [-0.2, -0.15) is 0 Å². The van der Waals surface area contributed by atoms with E-state index in [1.807, 2.05) is 56.3 Å². The first-order valence-electron chi connectivity index (χ1n) is 7.91. The molecule has 124 valence electrons. The molecule has 2 rings (SSSR count). The van der Waals surface area contributed by atoms with Gasteiger partial charge in [-0.1, -0.05) is 44.2 Å². The van der Waals surface area contributed by atoms with E-state index in [1.54, 1.807) is 12.1 Å². The number of rotatable bonds is 8. The van der Waals surface area contributed by atoms with Crippen molar-refractivity contribution in [2.75, 3.05) is 0 Å². The van der Waals surface area contributed by atoms with Gasteiger partial charge in [0.1, 0.15) is 24.2 Å². The fraction of sp³-hybridized carbons (Fsp3) is 0.368. The summed E-state index contributed by atoms with van der Waals surface area (Å²) in [7, 11) is 0. The summed E-state index contributed by atoms with van der Waals surface area (Å²) >= 11 is 0. The molecule has 2 atom stereocenters. The summed E-state index contributed by atoms with van der Waals surface area (Å²) in [4.78, 5) is 0. The molecule has 0 heterocycles. The van der Waals surface area contributed by atoms with E-state index in [9.17, 15) is 5.11 Å². The number of aliphatic hydroxyl groups is 1. The molecule has 0 aliphatic heterocycles. The van der Waals surface area contributed by atoms with Crippen molar-refractivity contribution in [3.05, 3.63) is 60.2 Å². The maximum atomic E-state index is 9.94. The number of nitrogens with two attached hydrogens (primary N) is 1. The Bertz CT molecular complexity index is 569. The van der Waals surface area contributed by atoms with Crippen LogP contribution < -0.4 is 15.2 Å². The van der Waals surface area contributed by atoms with Gasteiger partial charge in [-0.15, -0.1) is 0 Å². The molecular formula is C19H25NO3. The van der Waals surface area contributed by atoms with Crippen molar-refractivity contribution in [2.45, 2.75) is 39.2 Å². The average molecular weight is 315 g/mol. The maximum absolute atomic E-state index is 9.94. The van der Waals surface area contributed by atoms with Gasteiger partial charge in [0.05, 0.1) is 0 Å². The summed E-state index contributed by atoms with van der Waals surface area (Å²) in [6.45, 7) is 4.59. The first-order valence-corrected chi connectivity index (χ1v) is 7.91. The zero-order chi connectivity index (χ0) is 16.7. The van der Waals surface area contributed by atoms with E-state index < -0.39 is 12.3 Å². The van der Waals surface area contributed by atoms with E-state index in [0.717, 1.165) is 11.3 Å². The van der Waals surface area contributed by atoms with Gasteiger partial charge in [0, 0.05) is 0 Å². The topological polar surface area (TPSA) is 64.7 Å². The van der Waals surface area contributed by atoms with Crippen LogP contribution in [-0.2, 0) is 6.61 Å². The number of hydrogen-bond donors (Lipinski definition) is 2. The van der Waals surface area contributed by atoms with Crippen molar-refractivity contribution in [2.24, 2.45) is 11.7 Å². The lowest BCUT2D eigenvalue weighted by atomic mass is 10.1. The van der Waals surface area contributed by atoms with Crippen molar-refractivity contribution in [3.63, 3.8) is 0 Å². The zero-order valence-electron chi connectivity index (χ0n) is 13.7. The van der Waals surface area contributed by atoms with Gasteiger partial charge in [0.2, 0.25) is 0 Å². The second kappa shape index (κ2) is 8.56. The minimum Gasteiger partial charge on any atom is -0.489 e. The lowest BCUT2D eigenvalue weighted by Crippen LogP contribution is -2.40. The maximum Gasteiger partial charge on any atom is 0.173 e. The standard InChI is InChI=1S/C19H25NO3/c1-14(2)12-18(21)19(20)23-17-10-8-16(9-11-17)22-13-15-6-4-3-5-7-15/h3-11,14,18-19,21H,12-13,20H2,1-2H3/t18-,19?/m1/s1. The third-order valence-electron chi connectivity index (χ3n) is 3.44. The minimum absolute atomic E-state index is 0.369. The van der Waals surface area contributed by atoms with Gasteiger partial charge >= 0.3 is 0 Å². The first-order chi connectivity index (χ1) is 11.0. The molecule has 0 spiro atoms. The van der Waals surface area contributed by atoms with E-state index in [4.69, 9.17) is 15.2 Å². The predicted molar refractivity (Wildman–Crippen MR) is 91.3 cm³/mol. The number of ether oxygens (including phenoxy) is 2. The van der Waals surface area contributed by atoms with E-state index in [2.05, 4.69) is 0 Å². The van der Waals surface area contributed by atoms with Crippen molar-refractivity contribution in [1.29, 1.82) is 0 Å². The van der Waals surface area contributed by atoms with Gasteiger partial charge in [-0.25, -0.2) is 0 Å². The third kappa shape index (κ3) is 5.93. The molecule has 0 aliphatic rings. The van der Waals surface area contributed by atoms with Crippen LogP contribution in [0.2, 0.25) is 0 Å². The summed E-state index contributed by atoms with van der Waals surface area (Å²) in [6, 6.07) is 17.2. The minimum atomic E-state index is -0.728. The fourth-order valence-corrected chi connectivity index (χ4v) is 2.21. The average Bonchev–Trinajstić information content (AvgIpc) is 2.54. The fourth-order valence-electron chi connectivity index (χ4n) is 2.21. The number of benzene rings is 2. The van der Waals surface area contributed by atoms with Crippen LogP contribution in [0, 0.1) is 5.92 Å². The Morgan fingerprint density at radius 3 is 2.17 bits per heavy atom. The van der Waals surface area contributed by atoms with Crippen molar-refractivity contribution in [3.8, 4) is 11.5 Å². The molecule has 0 bridgehead atoms. The van der Waals surface area contributed by atoms with E-state index in [1.165, 1.54) is 0 Å². The predicted octanol–water partition coefficient (Wildman–Crippen LogP) is 3.34. The third-order valence-corrected chi connectivity index (χ3v) is 3.44. The lowest BCUT2D eigenvalue weighted by Gasteiger charge is -2.21. The zero-order valence-corrected chi connectivity index (χ0v) is 13.7. The molecule has 23 heavy (non-hydrogen) atoms. The first kappa shape index (κ1) is 17.3. The smallest absolute Gasteiger partial charge is 0.173 e. The highest BCUT2D eigenvalue weighted by Gasteiger charge is 2.17. The SMILES string of the molecule is CC(C)C[C@@H](O)C(N)Oc1ccc(OCc2ccccc2)cc1. The van der Waals surface area contributed by atoms with Crippen LogP contribution in [0.25, 0.3) is 0 Å². The van der Waals surface area contributed by atoms with Crippen LogP contribution >= 0.6 is 0 Å². The molecule has 2 aromatic carbocycles. The normalized spacial score (nSPS) is 13.6. The second-order valence-electron chi connectivity index (χ2n) is 6.03. The monoisotopic (exact) mass is 315 g/mol. The number of hydrogen-bond acceptors (Lipinski definition) is 4. The molecule has 0 saturated carbocycles. The molecule has 0 radical (unpaired) electrons. The Labute approximate surface area is 137 Å². The van der Waals surface area contributed by atoms with Crippen LogP contribution in [0.5, 0.6) is 11.5 Å². The second-order valence-corrected chi connectivity index (χ2v) is 6.03. The lowest BCUT2D eigenvalue weighted by molar-refractivity contribution is 0.0268. The van der Waals surface area contributed by atoms with Crippen LogP contribution in [-0.4, -0.2) is 17.4 Å².